The van der Waals surface area contributed by atoms with Crippen LogP contribution in [-0.4, -0.2) is 37.8 Å². The molecule has 0 radical (unpaired) electrons. The smallest absolute Gasteiger partial charge is 0.280 e. The van der Waals surface area contributed by atoms with E-state index in [9.17, 15) is 4.79 Å². The zero-order valence-corrected chi connectivity index (χ0v) is 19.8. The van der Waals surface area contributed by atoms with E-state index < -0.39 is 0 Å². The highest BCUT2D eigenvalue weighted by Crippen LogP contribution is 2.47. The molecule has 2 aromatic heterocycles. The van der Waals surface area contributed by atoms with Gasteiger partial charge in [0.15, 0.2) is 11.2 Å². The van der Waals surface area contributed by atoms with Crippen molar-refractivity contribution in [3.63, 3.8) is 0 Å². The summed E-state index contributed by atoms with van der Waals surface area (Å²) in [6, 6.07) is 19.5. The lowest BCUT2D eigenvalue weighted by atomic mass is 10.1. The van der Waals surface area contributed by atoms with Gasteiger partial charge in [0.05, 0.1) is 30.9 Å². The molecular formula is C25H24N6O3S. The van der Waals surface area contributed by atoms with Gasteiger partial charge in [-0.25, -0.2) is 4.98 Å². The number of aliphatic hydroxyl groups excluding tert-OH is 1. The van der Waals surface area contributed by atoms with Gasteiger partial charge < -0.3 is 20.9 Å². The number of imidazole rings is 1. The third-order valence-electron chi connectivity index (χ3n) is 5.46. The monoisotopic (exact) mass is 488 g/mol. The predicted molar refractivity (Wildman–Crippen MR) is 138 cm³/mol. The molecule has 5 N–H and O–H groups in total. The van der Waals surface area contributed by atoms with Gasteiger partial charge in [-0.2, -0.15) is 4.98 Å². The molecule has 1 aliphatic heterocycles. The third kappa shape index (κ3) is 4.72. The van der Waals surface area contributed by atoms with Crippen LogP contribution in [0, 0.1) is 6.92 Å². The topological polar surface area (TPSA) is 131 Å². The van der Waals surface area contributed by atoms with E-state index in [1.54, 1.807) is 0 Å². The molecule has 0 fully saturated rings. The number of hydrogen-bond donors (Lipinski definition) is 4. The first-order valence-corrected chi connectivity index (χ1v) is 11.8. The number of aromatic amines is 1. The Hall–Kier alpha value is -3.86. The lowest BCUT2D eigenvalue weighted by Gasteiger charge is -2.22. The summed E-state index contributed by atoms with van der Waals surface area (Å²) < 4.78 is 6.63. The van der Waals surface area contributed by atoms with E-state index in [0.29, 0.717) is 5.65 Å². The maximum absolute atomic E-state index is 11.4. The molecule has 6 rings (SSSR count). The summed E-state index contributed by atoms with van der Waals surface area (Å²) in [6.07, 6.45) is 1.43. The highest BCUT2D eigenvalue weighted by Gasteiger charge is 2.17. The number of aromatic nitrogens is 4. The first-order valence-electron chi connectivity index (χ1n) is 11.0. The minimum absolute atomic E-state index is 0.0291. The lowest BCUT2D eigenvalue weighted by molar-refractivity contribution is 0.0499. The summed E-state index contributed by atoms with van der Waals surface area (Å²) in [4.78, 5) is 24.2. The van der Waals surface area contributed by atoms with E-state index in [2.05, 4.69) is 81.8 Å². The molecule has 3 heterocycles. The molecule has 0 unspecified atom stereocenters. The van der Waals surface area contributed by atoms with Crippen LogP contribution in [0.15, 0.2) is 75.5 Å². The van der Waals surface area contributed by atoms with Crippen molar-refractivity contribution in [1.29, 1.82) is 0 Å². The van der Waals surface area contributed by atoms with E-state index in [4.69, 9.17) is 15.6 Å². The molecule has 1 aliphatic rings. The molecular weight excluding hydrogens is 464 g/mol. The summed E-state index contributed by atoms with van der Waals surface area (Å²) in [5, 5.41) is 14.7. The van der Waals surface area contributed by atoms with Gasteiger partial charge in [-0.05, 0) is 36.1 Å². The Morgan fingerprint density at radius 1 is 1.14 bits per heavy atom. The van der Waals surface area contributed by atoms with Crippen molar-refractivity contribution in [2.24, 2.45) is 0 Å². The van der Waals surface area contributed by atoms with Crippen LogP contribution in [0.3, 0.4) is 0 Å². The Bertz CT molecular complexity index is 1580. The minimum atomic E-state index is -0.386. The normalized spacial score (nSPS) is 11.9. The fourth-order valence-electron chi connectivity index (χ4n) is 3.84. The number of fused-ring (bicyclic) bond motifs is 5. The molecule has 0 spiro atoms. The number of nitrogens with one attached hydrogen (secondary N) is 2. The largest absolute Gasteiger partial charge is 0.394 e. The van der Waals surface area contributed by atoms with E-state index in [1.807, 2.05) is 11.8 Å². The minimum Gasteiger partial charge on any atom is -0.394 e. The van der Waals surface area contributed by atoms with Gasteiger partial charge in [0.25, 0.3) is 5.56 Å². The molecule has 0 amide bonds. The van der Waals surface area contributed by atoms with Gasteiger partial charge in [0.1, 0.15) is 6.73 Å². The van der Waals surface area contributed by atoms with Crippen molar-refractivity contribution in [2.45, 2.75) is 23.4 Å². The molecule has 9 nitrogen and oxygen atoms in total. The molecule has 0 bridgehead atoms. The number of ether oxygens (including phenoxy) is 1. The average molecular weight is 489 g/mol. The Labute approximate surface area is 205 Å². The molecule has 3 aromatic carbocycles. The van der Waals surface area contributed by atoms with Gasteiger partial charge >= 0.3 is 0 Å². The van der Waals surface area contributed by atoms with E-state index in [0.717, 1.165) is 0 Å². The number of aliphatic hydroxyl groups is 1. The molecule has 0 saturated carbocycles. The maximum atomic E-state index is 11.4. The van der Waals surface area contributed by atoms with Crippen LogP contribution < -0.4 is 16.6 Å². The van der Waals surface area contributed by atoms with Crippen LogP contribution in [0.1, 0.15) is 5.56 Å². The number of anilines is 3. The van der Waals surface area contributed by atoms with Crippen molar-refractivity contribution in [3.8, 4) is 0 Å². The molecule has 10 heteroatoms. The Balaban J connectivity index is 0.000000148. The second kappa shape index (κ2) is 9.79. The summed E-state index contributed by atoms with van der Waals surface area (Å²) in [7, 11) is 0. The molecule has 0 aliphatic carbocycles. The predicted octanol–water partition coefficient (Wildman–Crippen LogP) is 4.02. The van der Waals surface area contributed by atoms with Crippen molar-refractivity contribution in [3.05, 3.63) is 76.8 Å². The van der Waals surface area contributed by atoms with Crippen molar-refractivity contribution in [2.75, 3.05) is 24.3 Å². The Morgan fingerprint density at radius 3 is 2.83 bits per heavy atom. The molecule has 35 heavy (non-hydrogen) atoms. The summed E-state index contributed by atoms with van der Waals surface area (Å²) in [6.45, 7) is 2.43. The second-order valence-electron chi connectivity index (χ2n) is 7.99. The third-order valence-corrected chi connectivity index (χ3v) is 6.60. The number of nitrogen functional groups attached to an aromatic ring is 1. The van der Waals surface area contributed by atoms with Gasteiger partial charge in [-0.15, -0.1) is 0 Å². The second-order valence-corrected chi connectivity index (χ2v) is 9.07. The first-order chi connectivity index (χ1) is 17.0. The Kier molecular flexibility index (Phi) is 6.41. The van der Waals surface area contributed by atoms with Crippen LogP contribution in [0.5, 0.6) is 0 Å². The molecule has 0 atom stereocenters. The lowest BCUT2D eigenvalue weighted by Crippen LogP contribution is -2.13. The van der Waals surface area contributed by atoms with Crippen LogP contribution in [-0.2, 0) is 11.5 Å². The zero-order valence-electron chi connectivity index (χ0n) is 19.0. The van der Waals surface area contributed by atoms with E-state index in [1.165, 1.54) is 48.4 Å². The molecule has 178 valence electrons. The van der Waals surface area contributed by atoms with E-state index in [-0.39, 0.29) is 37.0 Å². The number of rotatable bonds is 4. The van der Waals surface area contributed by atoms with Crippen LogP contribution in [0.25, 0.3) is 21.9 Å². The quantitative estimate of drug-likeness (QED) is 0.274. The highest BCUT2D eigenvalue weighted by atomic mass is 32.2. The maximum Gasteiger partial charge on any atom is 0.280 e. The van der Waals surface area contributed by atoms with Crippen molar-refractivity contribution in [1.82, 2.24) is 19.5 Å². The fourth-order valence-corrected chi connectivity index (χ4v) is 4.83. The van der Waals surface area contributed by atoms with Gasteiger partial charge in [-0.3, -0.25) is 14.3 Å². The number of nitrogens with two attached hydrogens (primary N) is 1. The van der Waals surface area contributed by atoms with Crippen LogP contribution in [0.4, 0.5) is 17.3 Å². The van der Waals surface area contributed by atoms with E-state index >= 15 is 0 Å². The fraction of sp³-hybridized carbons (Fsp3) is 0.160. The van der Waals surface area contributed by atoms with Gasteiger partial charge in [0, 0.05) is 15.2 Å². The zero-order chi connectivity index (χ0) is 24.4. The SMILES string of the molecule is Cc1ccc2c(c1)Nc1c(ccc3ccccc13)S2.Nc1nc2c(ncn2COCCO)c(=O)[nH]1. The summed E-state index contributed by atoms with van der Waals surface area (Å²) in [5.74, 6) is 0.0291. The van der Waals surface area contributed by atoms with Gasteiger partial charge in [0.2, 0.25) is 5.95 Å². The number of H-pyrrole nitrogens is 1. The summed E-state index contributed by atoms with van der Waals surface area (Å²) in [5.41, 5.74) is 9.34. The first kappa shape index (κ1) is 22.9. The number of nitrogens with zero attached hydrogens (tertiary/aromatic N) is 3. The molecule has 0 saturated heterocycles. The van der Waals surface area contributed by atoms with Gasteiger partial charge in [-0.1, -0.05) is 48.2 Å². The standard InChI is InChI=1S/C17H13NS.C8H11N5O3/c1-11-6-8-15-14(10-11)18-17-13-5-3-2-4-12(13)7-9-16(17)19-15;9-8-11-6-5(7(15)12-8)10-3-13(6)4-16-2-1-14/h2-10,18H,1H3;3,14H,1-2,4H2,(H3,9,11,12,15). The van der Waals surface area contributed by atoms with Crippen LogP contribution in [0.2, 0.25) is 0 Å². The summed E-state index contributed by atoms with van der Waals surface area (Å²) >= 11 is 1.84. The number of hydrogen-bond acceptors (Lipinski definition) is 8. The number of benzene rings is 3. The average Bonchev–Trinajstić information content (AvgIpc) is 3.26. The number of aryl methyl sites for hydroxylation is 1. The van der Waals surface area contributed by atoms with Crippen LogP contribution >= 0.6 is 11.8 Å². The van der Waals surface area contributed by atoms with Crippen molar-refractivity contribution >= 4 is 51.0 Å². The van der Waals surface area contributed by atoms with Crippen molar-refractivity contribution < 1.29 is 9.84 Å². The molecule has 5 aromatic rings. The Morgan fingerprint density at radius 2 is 1.97 bits per heavy atom. The highest BCUT2D eigenvalue weighted by molar-refractivity contribution is 7.99.